The van der Waals surface area contributed by atoms with E-state index in [0.29, 0.717) is 35.7 Å². The van der Waals surface area contributed by atoms with Crippen molar-refractivity contribution in [3.63, 3.8) is 0 Å². The number of phenols is 1. The molecule has 3 N–H and O–H groups in total. The number of aromatic amines is 1. The Morgan fingerprint density at radius 2 is 2.15 bits per heavy atom. The van der Waals surface area contributed by atoms with Gasteiger partial charge in [-0.2, -0.15) is 5.10 Å². The first kappa shape index (κ1) is 20.4. The first-order chi connectivity index (χ1) is 15.9. The zero-order valence-electron chi connectivity index (χ0n) is 19.1. The Kier molecular flexibility index (Phi) is 4.57. The SMILES string of the molecule is Cc1cnc(CNC(=O)c2n[nH]c3c2C[C@H]2[C@@H]4CCc5cc(O)ccc5[C@H]4CC[C@]32C)cn1. The normalized spacial score (nSPS) is 27.3. The molecular formula is C26H29N5O2. The fourth-order valence-corrected chi connectivity index (χ4v) is 6.79. The molecule has 0 aliphatic heterocycles. The van der Waals surface area contributed by atoms with E-state index in [0.717, 1.165) is 54.7 Å². The molecule has 6 rings (SSSR count). The monoisotopic (exact) mass is 443 g/mol. The standard InChI is InChI=1S/C26H29N5O2/c1-14-11-28-16(12-27-14)13-29-25(33)23-21-10-22-20-5-3-15-9-17(32)4-6-18(15)19(20)7-8-26(22,2)24(21)31-30-23/h4,6,9,11-12,19-20,22,32H,3,5,7-8,10,13H2,1-2H3,(H,29,33)(H,30,31)/t19-,20-,22+,26+/m1/s1. The minimum Gasteiger partial charge on any atom is -0.508 e. The van der Waals surface area contributed by atoms with Crippen molar-refractivity contribution >= 4 is 5.91 Å². The van der Waals surface area contributed by atoms with Gasteiger partial charge in [-0.1, -0.05) is 13.0 Å². The Labute approximate surface area is 193 Å². The summed E-state index contributed by atoms with van der Waals surface area (Å²) in [5, 5.41) is 20.6. The topological polar surface area (TPSA) is 104 Å². The average molecular weight is 444 g/mol. The highest BCUT2D eigenvalue weighted by Crippen LogP contribution is 2.60. The Morgan fingerprint density at radius 3 is 2.97 bits per heavy atom. The molecule has 2 heterocycles. The molecule has 0 radical (unpaired) electrons. The summed E-state index contributed by atoms with van der Waals surface area (Å²) in [5.41, 5.74) is 7.10. The van der Waals surface area contributed by atoms with Crippen molar-refractivity contribution in [3.8, 4) is 5.75 Å². The number of hydrogen-bond donors (Lipinski definition) is 3. The predicted molar refractivity (Wildman–Crippen MR) is 123 cm³/mol. The molecule has 0 bridgehead atoms. The minimum absolute atomic E-state index is 0.0267. The summed E-state index contributed by atoms with van der Waals surface area (Å²) in [7, 11) is 0. The van der Waals surface area contributed by atoms with E-state index in [1.165, 1.54) is 11.1 Å². The highest BCUT2D eigenvalue weighted by atomic mass is 16.3. The van der Waals surface area contributed by atoms with Gasteiger partial charge in [0.25, 0.3) is 5.91 Å². The van der Waals surface area contributed by atoms with Crippen LogP contribution >= 0.6 is 0 Å². The summed E-state index contributed by atoms with van der Waals surface area (Å²) in [6.07, 6.45) is 8.64. The van der Waals surface area contributed by atoms with Gasteiger partial charge >= 0.3 is 0 Å². The van der Waals surface area contributed by atoms with Crippen LogP contribution in [0.1, 0.15) is 76.4 Å². The number of H-pyrrole nitrogens is 1. The summed E-state index contributed by atoms with van der Waals surface area (Å²) < 4.78 is 0. The molecule has 2 aromatic heterocycles. The largest absolute Gasteiger partial charge is 0.508 e. The number of carbonyl (C=O) groups is 1. The second-order valence-electron chi connectivity index (χ2n) is 10.2. The van der Waals surface area contributed by atoms with Gasteiger partial charge < -0.3 is 10.4 Å². The number of amides is 1. The molecule has 3 aromatic rings. The fourth-order valence-electron chi connectivity index (χ4n) is 6.79. The molecule has 1 amide bonds. The van der Waals surface area contributed by atoms with E-state index in [9.17, 15) is 9.90 Å². The maximum atomic E-state index is 13.0. The molecule has 3 aliphatic carbocycles. The van der Waals surface area contributed by atoms with Gasteiger partial charge in [-0.15, -0.1) is 0 Å². The second-order valence-corrected chi connectivity index (χ2v) is 10.2. The molecule has 3 aliphatic rings. The van der Waals surface area contributed by atoms with Crippen LogP contribution in [-0.2, 0) is 24.8 Å². The molecule has 0 unspecified atom stereocenters. The summed E-state index contributed by atoms with van der Waals surface area (Å²) in [6.45, 7) is 4.58. The van der Waals surface area contributed by atoms with Crippen LogP contribution in [0.25, 0.3) is 0 Å². The fraction of sp³-hybridized carbons (Fsp3) is 0.462. The summed E-state index contributed by atoms with van der Waals surface area (Å²) in [6, 6.07) is 5.91. The molecule has 0 spiro atoms. The third kappa shape index (κ3) is 3.16. The maximum Gasteiger partial charge on any atom is 0.272 e. The van der Waals surface area contributed by atoms with Crippen LogP contribution in [0.5, 0.6) is 5.75 Å². The van der Waals surface area contributed by atoms with Crippen molar-refractivity contribution in [2.45, 2.75) is 63.8 Å². The van der Waals surface area contributed by atoms with Crippen molar-refractivity contribution in [2.75, 3.05) is 0 Å². The Bertz CT molecular complexity index is 1230. The lowest BCUT2D eigenvalue weighted by atomic mass is 9.55. The molecule has 4 atom stereocenters. The van der Waals surface area contributed by atoms with E-state index in [1.807, 2.05) is 19.1 Å². The molecule has 170 valence electrons. The number of nitrogens with one attached hydrogen (secondary N) is 2. The van der Waals surface area contributed by atoms with Crippen molar-refractivity contribution in [1.29, 1.82) is 0 Å². The van der Waals surface area contributed by atoms with E-state index in [2.05, 4.69) is 38.5 Å². The van der Waals surface area contributed by atoms with Gasteiger partial charge in [0.1, 0.15) is 5.75 Å². The molecule has 1 saturated carbocycles. The van der Waals surface area contributed by atoms with E-state index in [-0.39, 0.29) is 11.3 Å². The van der Waals surface area contributed by atoms with Gasteiger partial charge in [-0.05, 0) is 80.0 Å². The van der Waals surface area contributed by atoms with Gasteiger partial charge in [-0.25, -0.2) is 0 Å². The van der Waals surface area contributed by atoms with Crippen molar-refractivity contribution in [3.05, 3.63) is 70.1 Å². The lowest BCUT2D eigenvalue weighted by Crippen LogP contribution is -2.43. The van der Waals surface area contributed by atoms with Crippen molar-refractivity contribution < 1.29 is 9.90 Å². The molecule has 1 aromatic carbocycles. The number of benzene rings is 1. The number of hydrogen-bond acceptors (Lipinski definition) is 5. The van der Waals surface area contributed by atoms with Crippen LogP contribution in [-0.4, -0.2) is 31.2 Å². The van der Waals surface area contributed by atoms with Crippen molar-refractivity contribution in [1.82, 2.24) is 25.5 Å². The lowest BCUT2D eigenvalue weighted by Gasteiger charge is -2.49. The Morgan fingerprint density at radius 1 is 1.27 bits per heavy atom. The van der Waals surface area contributed by atoms with E-state index in [1.54, 1.807) is 12.4 Å². The quantitative estimate of drug-likeness (QED) is 0.572. The minimum atomic E-state index is -0.155. The third-order valence-electron chi connectivity index (χ3n) is 8.44. The number of aromatic hydroxyl groups is 1. The number of aromatic nitrogens is 4. The average Bonchev–Trinajstić information content (AvgIpc) is 3.36. The summed E-state index contributed by atoms with van der Waals surface area (Å²) in [4.78, 5) is 21.6. The van der Waals surface area contributed by atoms with Gasteiger partial charge in [0.15, 0.2) is 5.69 Å². The molecule has 7 heteroatoms. The molecule has 33 heavy (non-hydrogen) atoms. The van der Waals surface area contributed by atoms with E-state index >= 15 is 0 Å². The molecule has 7 nitrogen and oxygen atoms in total. The Hall–Kier alpha value is -3.22. The van der Waals surface area contributed by atoms with Crippen LogP contribution < -0.4 is 5.32 Å². The molecular weight excluding hydrogens is 414 g/mol. The zero-order chi connectivity index (χ0) is 22.7. The second kappa shape index (κ2) is 7.40. The zero-order valence-corrected chi connectivity index (χ0v) is 19.1. The number of carbonyl (C=O) groups excluding carboxylic acids is 1. The van der Waals surface area contributed by atoms with Crippen LogP contribution in [0.2, 0.25) is 0 Å². The van der Waals surface area contributed by atoms with Crippen LogP contribution in [0.4, 0.5) is 0 Å². The van der Waals surface area contributed by atoms with Crippen LogP contribution in [0.15, 0.2) is 30.6 Å². The summed E-state index contributed by atoms with van der Waals surface area (Å²) >= 11 is 0. The third-order valence-corrected chi connectivity index (χ3v) is 8.44. The smallest absolute Gasteiger partial charge is 0.272 e. The first-order valence-corrected chi connectivity index (χ1v) is 11.9. The first-order valence-electron chi connectivity index (χ1n) is 11.9. The number of fused-ring (bicyclic) bond motifs is 7. The molecule has 1 fully saturated rings. The highest BCUT2D eigenvalue weighted by molar-refractivity contribution is 5.94. The van der Waals surface area contributed by atoms with Crippen molar-refractivity contribution in [2.24, 2.45) is 11.8 Å². The predicted octanol–water partition coefficient (Wildman–Crippen LogP) is 3.71. The number of aryl methyl sites for hydroxylation is 2. The van der Waals surface area contributed by atoms with Gasteiger partial charge in [0.2, 0.25) is 0 Å². The summed E-state index contributed by atoms with van der Waals surface area (Å²) in [5.74, 6) is 1.82. The van der Waals surface area contributed by atoms with Gasteiger partial charge in [-0.3, -0.25) is 19.9 Å². The lowest BCUT2D eigenvalue weighted by molar-refractivity contribution is 0.0937. The van der Waals surface area contributed by atoms with E-state index < -0.39 is 0 Å². The van der Waals surface area contributed by atoms with E-state index in [4.69, 9.17) is 0 Å². The van der Waals surface area contributed by atoms with Gasteiger partial charge in [0, 0.05) is 22.9 Å². The van der Waals surface area contributed by atoms with Crippen LogP contribution in [0, 0.1) is 18.8 Å². The number of nitrogens with zero attached hydrogens (tertiary/aromatic N) is 3. The number of rotatable bonds is 3. The number of phenolic OH excluding ortho intramolecular Hbond substituents is 1. The molecule has 0 saturated heterocycles. The van der Waals surface area contributed by atoms with Crippen LogP contribution in [0.3, 0.4) is 0 Å². The Balaban J connectivity index is 1.24. The highest BCUT2D eigenvalue weighted by Gasteiger charge is 2.54. The van der Waals surface area contributed by atoms with Gasteiger partial charge in [0.05, 0.1) is 24.1 Å². The maximum absolute atomic E-state index is 13.0.